The van der Waals surface area contributed by atoms with Crippen LogP contribution in [0.25, 0.3) is 0 Å². The summed E-state index contributed by atoms with van der Waals surface area (Å²) in [6.45, 7) is 2.17. The predicted molar refractivity (Wildman–Crippen MR) is 97.4 cm³/mol. The van der Waals surface area contributed by atoms with E-state index in [4.69, 9.17) is 16.3 Å². The van der Waals surface area contributed by atoms with Crippen molar-refractivity contribution in [2.24, 2.45) is 0 Å². The Morgan fingerprint density at radius 3 is 2.58 bits per heavy atom. The Morgan fingerprint density at radius 1 is 1.19 bits per heavy atom. The van der Waals surface area contributed by atoms with Crippen LogP contribution in [0.15, 0.2) is 48.5 Å². The summed E-state index contributed by atoms with van der Waals surface area (Å²) in [6.07, 6.45) is 0. The molecule has 0 radical (unpaired) electrons. The molecular weight excluding hydrogens is 359 g/mol. The van der Waals surface area contributed by atoms with Crippen LogP contribution in [0.1, 0.15) is 12.5 Å². The van der Waals surface area contributed by atoms with E-state index in [1.165, 1.54) is 17.0 Å². The van der Waals surface area contributed by atoms with Crippen LogP contribution in [-0.4, -0.2) is 36.4 Å². The number of carbonyl (C=O) groups excluding carboxylic acids is 2. The fraction of sp³-hybridized carbons (Fsp3) is 0.263. The van der Waals surface area contributed by atoms with Crippen molar-refractivity contribution in [3.63, 3.8) is 0 Å². The van der Waals surface area contributed by atoms with Gasteiger partial charge < -0.3 is 15.0 Å². The van der Waals surface area contributed by atoms with E-state index in [0.717, 1.165) is 5.56 Å². The van der Waals surface area contributed by atoms with Gasteiger partial charge in [-0.05, 0) is 42.8 Å². The maximum absolute atomic E-state index is 12.9. The lowest BCUT2D eigenvalue weighted by molar-refractivity contribution is -0.137. The third-order valence-electron chi connectivity index (χ3n) is 3.63. The molecule has 2 aromatic carbocycles. The van der Waals surface area contributed by atoms with E-state index < -0.39 is 0 Å². The summed E-state index contributed by atoms with van der Waals surface area (Å²) in [5.41, 5.74) is 0.776. The average Bonchev–Trinajstić information content (AvgIpc) is 2.63. The van der Waals surface area contributed by atoms with Gasteiger partial charge in [0.2, 0.25) is 5.91 Å². The van der Waals surface area contributed by atoms with Crippen LogP contribution in [0.4, 0.5) is 4.39 Å². The number of ether oxygens (including phenoxy) is 1. The van der Waals surface area contributed by atoms with Gasteiger partial charge in [0.1, 0.15) is 11.6 Å². The number of amides is 2. The minimum absolute atomic E-state index is 0.0740. The molecule has 0 saturated carbocycles. The van der Waals surface area contributed by atoms with Gasteiger partial charge in [0.25, 0.3) is 5.91 Å². The van der Waals surface area contributed by atoms with E-state index in [-0.39, 0.29) is 37.3 Å². The molecule has 0 aliphatic rings. The van der Waals surface area contributed by atoms with Gasteiger partial charge in [-0.1, -0.05) is 29.8 Å². The highest BCUT2D eigenvalue weighted by Gasteiger charge is 2.16. The van der Waals surface area contributed by atoms with Crippen LogP contribution in [0.2, 0.25) is 5.02 Å². The summed E-state index contributed by atoms with van der Waals surface area (Å²) < 4.78 is 18.3. The smallest absolute Gasteiger partial charge is 0.260 e. The largest absolute Gasteiger partial charge is 0.484 e. The first-order chi connectivity index (χ1) is 12.5. The quantitative estimate of drug-likeness (QED) is 0.768. The molecular formula is C19H20ClFN2O3. The summed E-state index contributed by atoms with van der Waals surface area (Å²) >= 11 is 5.86. The molecule has 0 unspecified atom stereocenters. The molecule has 26 heavy (non-hydrogen) atoms. The lowest BCUT2D eigenvalue weighted by Gasteiger charge is -2.20. The normalized spacial score (nSPS) is 10.3. The molecule has 0 aliphatic heterocycles. The van der Waals surface area contributed by atoms with Crippen molar-refractivity contribution in [2.75, 3.05) is 19.7 Å². The highest BCUT2D eigenvalue weighted by Crippen LogP contribution is 2.17. The van der Waals surface area contributed by atoms with Gasteiger partial charge in [-0.15, -0.1) is 0 Å². The molecule has 0 heterocycles. The van der Waals surface area contributed by atoms with E-state index in [2.05, 4.69) is 5.32 Å². The van der Waals surface area contributed by atoms with Crippen LogP contribution in [-0.2, 0) is 16.1 Å². The van der Waals surface area contributed by atoms with Crippen molar-refractivity contribution in [1.82, 2.24) is 10.2 Å². The molecule has 0 spiro atoms. The van der Waals surface area contributed by atoms with Crippen LogP contribution in [0.3, 0.4) is 0 Å². The zero-order valence-corrected chi connectivity index (χ0v) is 15.1. The Bertz CT molecular complexity index is 753. The Labute approximate surface area is 156 Å². The maximum Gasteiger partial charge on any atom is 0.260 e. The molecule has 2 aromatic rings. The third-order valence-corrected chi connectivity index (χ3v) is 3.87. The van der Waals surface area contributed by atoms with Gasteiger partial charge in [0.15, 0.2) is 6.61 Å². The fourth-order valence-corrected chi connectivity index (χ4v) is 2.38. The topological polar surface area (TPSA) is 58.6 Å². The number of benzene rings is 2. The lowest BCUT2D eigenvalue weighted by Crippen LogP contribution is -2.42. The second kappa shape index (κ2) is 9.77. The number of likely N-dealkylation sites (N-methyl/N-ethyl adjacent to an activating group) is 1. The number of nitrogens with one attached hydrogen (secondary N) is 1. The van der Waals surface area contributed by atoms with Crippen LogP contribution >= 0.6 is 11.6 Å². The van der Waals surface area contributed by atoms with E-state index in [0.29, 0.717) is 17.3 Å². The summed E-state index contributed by atoms with van der Waals surface area (Å²) in [4.78, 5) is 25.7. The molecule has 138 valence electrons. The Balaban J connectivity index is 1.80. The maximum atomic E-state index is 12.9. The van der Waals surface area contributed by atoms with Gasteiger partial charge in [-0.3, -0.25) is 9.59 Å². The molecule has 0 atom stereocenters. The van der Waals surface area contributed by atoms with Gasteiger partial charge in [-0.2, -0.15) is 0 Å². The van der Waals surface area contributed by atoms with Crippen molar-refractivity contribution in [3.8, 4) is 5.75 Å². The van der Waals surface area contributed by atoms with Crippen LogP contribution < -0.4 is 10.1 Å². The minimum atomic E-state index is -0.331. The van der Waals surface area contributed by atoms with Crippen molar-refractivity contribution in [1.29, 1.82) is 0 Å². The molecule has 2 rings (SSSR count). The summed E-state index contributed by atoms with van der Waals surface area (Å²) in [5.74, 6) is -0.443. The summed E-state index contributed by atoms with van der Waals surface area (Å²) in [5, 5.41) is 3.22. The number of hydrogen-bond acceptors (Lipinski definition) is 3. The number of hydrogen-bond donors (Lipinski definition) is 1. The van der Waals surface area contributed by atoms with Gasteiger partial charge >= 0.3 is 0 Å². The predicted octanol–water partition coefficient (Wildman–Crippen LogP) is 3.02. The van der Waals surface area contributed by atoms with Crippen molar-refractivity contribution in [2.45, 2.75) is 13.5 Å². The first-order valence-corrected chi connectivity index (χ1v) is 8.53. The van der Waals surface area contributed by atoms with E-state index >= 15 is 0 Å². The standard InChI is InChI=1S/C19H20ClFN2O3/c1-2-23(19(25)13-26-17-5-3-4-15(20)10-17)12-18(24)22-11-14-6-8-16(21)9-7-14/h3-10H,2,11-13H2,1H3,(H,22,24). The molecule has 0 bridgehead atoms. The second-order valence-corrected chi connectivity index (χ2v) is 5.99. The molecule has 5 nitrogen and oxygen atoms in total. The zero-order valence-electron chi connectivity index (χ0n) is 14.4. The van der Waals surface area contributed by atoms with E-state index in [1.807, 2.05) is 0 Å². The van der Waals surface area contributed by atoms with Gasteiger partial charge in [0.05, 0.1) is 6.54 Å². The van der Waals surface area contributed by atoms with Gasteiger partial charge in [0, 0.05) is 18.1 Å². The molecule has 1 N–H and O–H groups in total. The van der Waals surface area contributed by atoms with Crippen LogP contribution in [0.5, 0.6) is 5.75 Å². The lowest BCUT2D eigenvalue weighted by atomic mass is 10.2. The SMILES string of the molecule is CCN(CC(=O)NCc1ccc(F)cc1)C(=O)COc1cccc(Cl)c1. The highest BCUT2D eigenvalue weighted by atomic mass is 35.5. The van der Waals surface area contributed by atoms with Crippen LogP contribution in [0, 0.1) is 5.82 Å². The van der Waals surface area contributed by atoms with E-state index in [1.54, 1.807) is 43.3 Å². The average molecular weight is 379 g/mol. The zero-order chi connectivity index (χ0) is 18.9. The minimum Gasteiger partial charge on any atom is -0.484 e. The van der Waals surface area contributed by atoms with Crippen molar-refractivity contribution >= 4 is 23.4 Å². The molecule has 0 aliphatic carbocycles. The third kappa shape index (κ3) is 6.37. The molecule has 0 aromatic heterocycles. The first kappa shape index (κ1) is 19.7. The number of rotatable bonds is 8. The Morgan fingerprint density at radius 2 is 1.92 bits per heavy atom. The number of nitrogens with zero attached hydrogens (tertiary/aromatic N) is 1. The Hall–Kier alpha value is -2.60. The first-order valence-electron chi connectivity index (χ1n) is 8.15. The van der Waals surface area contributed by atoms with Crippen molar-refractivity contribution < 1.29 is 18.7 Å². The molecule has 0 saturated heterocycles. The van der Waals surface area contributed by atoms with Gasteiger partial charge in [-0.25, -0.2) is 4.39 Å². The molecule has 2 amide bonds. The monoisotopic (exact) mass is 378 g/mol. The van der Waals surface area contributed by atoms with Crippen molar-refractivity contribution in [3.05, 3.63) is 64.9 Å². The number of carbonyl (C=O) groups is 2. The molecule has 0 fully saturated rings. The fourth-order valence-electron chi connectivity index (χ4n) is 2.20. The van der Waals surface area contributed by atoms with E-state index in [9.17, 15) is 14.0 Å². The second-order valence-electron chi connectivity index (χ2n) is 5.56. The number of halogens is 2. The summed E-state index contributed by atoms with van der Waals surface area (Å²) in [6, 6.07) is 12.6. The molecule has 7 heteroatoms. The Kier molecular flexibility index (Phi) is 7.41. The summed E-state index contributed by atoms with van der Waals surface area (Å²) in [7, 11) is 0. The highest BCUT2D eigenvalue weighted by molar-refractivity contribution is 6.30.